The van der Waals surface area contributed by atoms with Crippen LogP contribution in [0.5, 0.6) is 5.75 Å². The van der Waals surface area contributed by atoms with E-state index in [9.17, 15) is 0 Å². The van der Waals surface area contributed by atoms with Gasteiger partial charge in [-0.3, -0.25) is 0 Å². The highest BCUT2D eigenvalue weighted by Crippen LogP contribution is 2.28. The molecule has 0 fully saturated rings. The Kier molecular flexibility index (Phi) is 2.97. The summed E-state index contributed by atoms with van der Waals surface area (Å²) in [5.74, 6) is 1.55. The van der Waals surface area contributed by atoms with E-state index < -0.39 is 0 Å². The Morgan fingerprint density at radius 3 is 2.69 bits per heavy atom. The standard InChI is InChI=1S/C12H13ClN2O/c1-4-10-14-11-7(2)5-8(16-3)6-9(11)12(13)15-10/h5-6H,4H2,1-3H3. The minimum atomic E-state index is 0.490. The van der Waals surface area contributed by atoms with E-state index >= 15 is 0 Å². The van der Waals surface area contributed by atoms with Crippen LogP contribution >= 0.6 is 11.6 Å². The molecule has 0 N–H and O–H groups in total. The molecule has 0 amide bonds. The normalized spacial score (nSPS) is 10.8. The minimum Gasteiger partial charge on any atom is -0.497 e. The van der Waals surface area contributed by atoms with Crippen molar-refractivity contribution in [1.29, 1.82) is 0 Å². The smallest absolute Gasteiger partial charge is 0.140 e. The van der Waals surface area contributed by atoms with Crippen LogP contribution in [0, 0.1) is 6.92 Å². The van der Waals surface area contributed by atoms with E-state index in [-0.39, 0.29) is 0 Å². The molecule has 0 bridgehead atoms. The average molecular weight is 237 g/mol. The van der Waals surface area contributed by atoms with Crippen LogP contribution in [0.4, 0.5) is 0 Å². The summed E-state index contributed by atoms with van der Waals surface area (Å²) < 4.78 is 5.20. The molecule has 0 spiro atoms. The lowest BCUT2D eigenvalue weighted by Gasteiger charge is -2.08. The summed E-state index contributed by atoms with van der Waals surface area (Å²) in [5, 5.41) is 1.33. The number of rotatable bonds is 2. The molecule has 0 saturated heterocycles. The zero-order valence-electron chi connectivity index (χ0n) is 9.54. The molecule has 0 aliphatic carbocycles. The van der Waals surface area contributed by atoms with E-state index in [1.807, 2.05) is 26.0 Å². The lowest BCUT2D eigenvalue weighted by Crippen LogP contribution is -1.97. The predicted octanol–water partition coefficient (Wildman–Crippen LogP) is 3.16. The third kappa shape index (κ3) is 1.83. The highest BCUT2D eigenvalue weighted by atomic mass is 35.5. The number of nitrogens with zero attached hydrogens (tertiary/aromatic N) is 2. The first-order valence-corrected chi connectivity index (χ1v) is 5.54. The summed E-state index contributed by atoms with van der Waals surface area (Å²) in [6, 6.07) is 3.81. The van der Waals surface area contributed by atoms with Crippen LogP contribution in [-0.4, -0.2) is 17.1 Å². The third-order valence-corrected chi connectivity index (χ3v) is 2.80. The Balaban J connectivity index is 2.78. The third-order valence-electron chi connectivity index (χ3n) is 2.52. The fourth-order valence-corrected chi connectivity index (χ4v) is 1.90. The van der Waals surface area contributed by atoms with Gasteiger partial charge in [-0.25, -0.2) is 9.97 Å². The van der Waals surface area contributed by atoms with Crippen molar-refractivity contribution >= 4 is 22.5 Å². The van der Waals surface area contributed by atoms with Crippen molar-refractivity contribution in [3.8, 4) is 5.75 Å². The summed E-state index contributed by atoms with van der Waals surface area (Å²) in [6.45, 7) is 4.00. The molecule has 0 atom stereocenters. The monoisotopic (exact) mass is 236 g/mol. The van der Waals surface area contributed by atoms with Gasteiger partial charge in [-0.05, 0) is 24.6 Å². The SMILES string of the molecule is CCc1nc(Cl)c2cc(OC)cc(C)c2n1. The van der Waals surface area contributed by atoms with Gasteiger partial charge in [0.05, 0.1) is 12.6 Å². The molecule has 0 saturated carbocycles. The molecule has 16 heavy (non-hydrogen) atoms. The molecule has 0 radical (unpaired) electrons. The molecule has 1 heterocycles. The van der Waals surface area contributed by atoms with Crippen LogP contribution in [0.15, 0.2) is 12.1 Å². The van der Waals surface area contributed by atoms with Crippen LogP contribution in [0.25, 0.3) is 10.9 Å². The molecule has 1 aromatic heterocycles. The summed E-state index contributed by atoms with van der Waals surface area (Å²) in [5.41, 5.74) is 1.95. The predicted molar refractivity (Wildman–Crippen MR) is 65.2 cm³/mol. The van der Waals surface area contributed by atoms with Gasteiger partial charge >= 0.3 is 0 Å². The minimum absolute atomic E-state index is 0.490. The molecule has 2 aromatic rings. The van der Waals surface area contributed by atoms with E-state index in [0.717, 1.165) is 34.5 Å². The van der Waals surface area contributed by atoms with Crippen molar-refractivity contribution in [2.75, 3.05) is 7.11 Å². The molecule has 4 heteroatoms. The summed E-state index contributed by atoms with van der Waals surface area (Å²) in [4.78, 5) is 8.71. The Labute approximate surface area is 99.4 Å². The molecular weight excluding hydrogens is 224 g/mol. The van der Waals surface area contributed by atoms with Gasteiger partial charge in [0, 0.05) is 11.8 Å². The van der Waals surface area contributed by atoms with Crippen molar-refractivity contribution in [3.63, 3.8) is 0 Å². The van der Waals surface area contributed by atoms with Crippen molar-refractivity contribution < 1.29 is 4.74 Å². The Morgan fingerprint density at radius 2 is 2.06 bits per heavy atom. The number of aromatic nitrogens is 2. The van der Waals surface area contributed by atoms with Crippen LogP contribution in [-0.2, 0) is 6.42 Å². The van der Waals surface area contributed by atoms with Gasteiger partial charge in [0.25, 0.3) is 0 Å². The Hall–Kier alpha value is -1.35. The van der Waals surface area contributed by atoms with E-state index in [2.05, 4.69) is 9.97 Å². The topological polar surface area (TPSA) is 35.0 Å². The quantitative estimate of drug-likeness (QED) is 0.752. The molecule has 2 rings (SSSR count). The zero-order valence-corrected chi connectivity index (χ0v) is 10.3. The number of ether oxygens (including phenoxy) is 1. The van der Waals surface area contributed by atoms with Crippen LogP contribution in [0.2, 0.25) is 5.15 Å². The average Bonchev–Trinajstić information content (AvgIpc) is 2.29. The first kappa shape index (κ1) is 11.1. The second-order valence-corrected chi connectivity index (χ2v) is 3.98. The highest BCUT2D eigenvalue weighted by Gasteiger charge is 2.09. The van der Waals surface area contributed by atoms with E-state index in [0.29, 0.717) is 5.15 Å². The highest BCUT2D eigenvalue weighted by molar-refractivity contribution is 6.34. The number of fused-ring (bicyclic) bond motifs is 1. The van der Waals surface area contributed by atoms with Gasteiger partial charge in [0.1, 0.15) is 16.7 Å². The van der Waals surface area contributed by atoms with Crippen molar-refractivity contribution in [3.05, 3.63) is 28.7 Å². The largest absolute Gasteiger partial charge is 0.497 e. The fourth-order valence-electron chi connectivity index (χ4n) is 1.66. The van der Waals surface area contributed by atoms with Crippen molar-refractivity contribution in [2.24, 2.45) is 0 Å². The second-order valence-electron chi connectivity index (χ2n) is 3.62. The molecule has 0 aliphatic rings. The zero-order chi connectivity index (χ0) is 11.7. The number of methoxy groups -OCH3 is 1. The van der Waals surface area contributed by atoms with Gasteiger partial charge in [0.2, 0.25) is 0 Å². The van der Waals surface area contributed by atoms with E-state index in [1.54, 1.807) is 7.11 Å². The van der Waals surface area contributed by atoms with Crippen LogP contribution in [0.3, 0.4) is 0 Å². The number of hydrogen-bond acceptors (Lipinski definition) is 3. The lowest BCUT2D eigenvalue weighted by atomic mass is 10.1. The molecule has 3 nitrogen and oxygen atoms in total. The molecule has 0 unspecified atom stereocenters. The Bertz CT molecular complexity index is 491. The molecule has 0 aliphatic heterocycles. The molecule has 1 aromatic carbocycles. The van der Waals surface area contributed by atoms with E-state index in [4.69, 9.17) is 16.3 Å². The van der Waals surface area contributed by atoms with Gasteiger partial charge < -0.3 is 4.74 Å². The maximum atomic E-state index is 6.14. The van der Waals surface area contributed by atoms with Gasteiger partial charge in [0.15, 0.2) is 0 Å². The summed E-state index contributed by atoms with van der Waals surface area (Å²) in [6.07, 6.45) is 0.779. The van der Waals surface area contributed by atoms with Gasteiger partial charge in [-0.1, -0.05) is 18.5 Å². The fraction of sp³-hybridized carbons (Fsp3) is 0.333. The number of halogens is 1. The van der Waals surface area contributed by atoms with Crippen molar-refractivity contribution in [1.82, 2.24) is 9.97 Å². The number of hydrogen-bond donors (Lipinski definition) is 0. The maximum Gasteiger partial charge on any atom is 0.140 e. The number of benzene rings is 1. The van der Waals surface area contributed by atoms with Crippen LogP contribution < -0.4 is 4.74 Å². The van der Waals surface area contributed by atoms with Gasteiger partial charge in [-0.15, -0.1) is 0 Å². The number of aryl methyl sites for hydroxylation is 2. The second kappa shape index (κ2) is 4.26. The molecule has 84 valence electrons. The maximum absolute atomic E-state index is 6.14. The lowest BCUT2D eigenvalue weighted by molar-refractivity contribution is 0.415. The van der Waals surface area contributed by atoms with Gasteiger partial charge in [-0.2, -0.15) is 0 Å². The molecular formula is C12H13ClN2O. The van der Waals surface area contributed by atoms with Crippen LogP contribution in [0.1, 0.15) is 18.3 Å². The van der Waals surface area contributed by atoms with E-state index in [1.165, 1.54) is 0 Å². The Morgan fingerprint density at radius 1 is 1.31 bits per heavy atom. The van der Waals surface area contributed by atoms with Crippen molar-refractivity contribution in [2.45, 2.75) is 20.3 Å². The summed E-state index contributed by atoms with van der Waals surface area (Å²) >= 11 is 6.14. The first-order chi connectivity index (χ1) is 7.65. The summed E-state index contributed by atoms with van der Waals surface area (Å²) in [7, 11) is 1.63. The first-order valence-electron chi connectivity index (χ1n) is 5.16.